The quantitative estimate of drug-likeness (QED) is 0.455. The molecule has 29 heavy (non-hydrogen) atoms. The lowest BCUT2D eigenvalue weighted by molar-refractivity contribution is -0.116. The summed E-state index contributed by atoms with van der Waals surface area (Å²) in [6, 6.07) is 11.5. The first-order valence-electron chi connectivity index (χ1n) is 9.16. The van der Waals surface area contributed by atoms with Crippen LogP contribution in [0.25, 0.3) is 10.2 Å². The molecule has 0 aliphatic carbocycles. The van der Waals surface area contributed by atoms with Gasteiger partial charge in [-0.15, -0.1) is 11.8 Å². The van der Waals surface area contributed by atoms with Crippen LogP contribution in [0.5, 0.6) is 5.75 Å². The van der Waals surface area contributed by atoms with Crippen molar-refractivity contribution in [1.29, 1.82) is 0 Å². The lowest BCUT2D eigenvalue weighted by Gasteiger charge is -2.21. The molecule has 154 valence electrons. The predicted molar refractivity (Wildman–Crippen MR) is 124 cm³/mol. The number of halogens is 1. The number of thiazole rings is 1. The van der Waals surface area contributed by atoms with Gasteiger partial charge >= 0.3 is 0 Å². The Kier molecular flexibility index (Phi) is 7.40. The summed E-state index contributed by atoms with van der Waals surface area (Å²) in [5.74, 6) is 1.09. The lowest BCUT2D eigenvalue weighted by Crippen LogP contribution is -2.37. The van der Waals surface area contributed by atoms with E-state index in [1.54, 1.807) is 12.0 Å². The molecule has 3 rings (SSSR count). The number of carbonyl (C=O) groups excluding carboxylic acids is 1. The summed E-state index contributed by atoms with van der Waals surface area (Å²) >= 11 is 8.98. The van der Waals surface area contributed by atoms with Gasteiger partial charge in [0.25, 0.3) is 0 Å². The van der Waals surface area contributed by atoms with Crippen LogP contribution < -0.4 is 9.64 Å². The number of benzene rings is 2. The van der Waals surface area contributed by atoms with Crippen LogP contribution in [0.15, 0.2) is 41.3 Å². The molecule has 0 saturated carbocycles. The van der Waals surface area contributed by atoms with Crippen LogP contribution in [0.3, 0.4) is 0 Å². The van der Waals surface area contributed by atoms with Gasteiger partial charge in [-0.25, -0.2) is 4.98 Å². The van der Waals surface area contributed by atoms with Crippen LogP contribution >= 0.6 is 34.7 Å². The third kappa shape index (κ3) is 5.42. The van der Waals surface area contributed by atoms with Crippen molar-refractivity contribution >= 4 is 56.0 Å². The number of fused-ring (bicyclic) bond motifs is 1. The normalized spacial score (nSPS) is 11.2. The van der Waals surface area contributed by atoms with Gasteiger partial charge in [-0.1, -0.05) is 29.0 Å². The molecule has 0 aliphatic rings. The van der Waals surface area contributed by atoms with E-state index in [-0.39, 0.29) is 5.91 Å². The summed E-state index contributed by atoms with van der Waals surface area (Å²) in [5, 5.41) is 1.39. The molecule has 0 unspecified atom stereocenters. The maximum atomic E-state index is 13.1. The third-order valence-electron chi connectivity index (χ3n) is 4.39. The van der Waals surface area contributed by atoms with Crippen molar-refractivity contribution in [1.82, 2.24) is 9.88 Å². The summed E-state index contributed by atoms with van der Waals surface area (Å²) in [6.07, 6.45) is 0. The molecule has 0 radical (unpaired) electrons. The lowest BCUT2D eigenvalue weighted by atomic mass is 10.2. The number of hydrogen-bond acceptors (Lipinski definition) is 6. The molecular weight excluding hydrogens is 426 g/mol. The molecule has 0 saturated heterocycles. The monoisotopic (exact) mass is 449 g/mol. The SMILES string of the molecule is COc1ccc(C)c2sc(N(CCN(C)C)C(=O)CSc3ccc(Cl)cc3)nc12. The van der Waals surface area contributed by atoms with Gasteiger partial charge < -0.3 is 9.64 Å². The maximum Gasteiger partial charge on any atom is 0.239 e. The van der Waals surface area contributed by atoms with Gasteiger partial charge in [0, 0.05) is 23.0 Å². The number of thioether (sulfide) groups is 1. The zero-order valence-corrected chi connectivity index (χ0v) is 19.3. The van der Waals surface area contributed by atoms with Gasteiger partial charge in [0.05, 0.1) is 17.6 Å². The number of aryl methyl sites for hydroxylation is 1. The van der Waals surface area contributed by atoms with E-state index in [1.807, 2.05) is 57.4 Å². The van der Waals surface area contributed by atoms with Crippen LogP contribution in [-0.4, -0.2) is 55.8 Å². The van der Waals surface area contributed by atoms with E-state index in [9.17, 15) is 4.79 Å². The fourth-order valence-electron chi connectivity index (χ4n) is 2.76. The number of rotatable bonds is 8. The third-order valence-corrected chi connectivity index (χ3v) is 6.85. The minimum absolute atomic E-state index is 0.0301. The highest BCUT2D eigenvalue weighted by atomic mass is 35.5. The first-order valence-corrected chi connectivity index (χ1v) is 11.3. The molecule has 3 aromatic rings. The van der Waals surface area contributed by atoms with E-state index in [1.165, 1.54) is 23.1 Å². The van der Waals surface area contributed by atoms with E-state index in [0.29, 0.717) is 22.5 Å². The van der Waals surface area contributed by atoms with Crippen LogP contribution in [0.1, 0.15) is 5.56 Å². The summed E-state index contributed by atoms with van der Waals surface area (Å²) in [6.45, 7) is 3.38. The van der Waals surface area contributed by atoms with Gasteiger partial charge in [-0.3, -0.25) is 9.69 Å². The number of likely N-dealkylation sites (N-methyl/N-ethyl adjacent to an activating group) is 1. The van der Waals surface area contributed by atoms with Crippen molar-refractivity contribution in [2.45, 2.75) is 11.8 Å². The number of anilines is 1. The van der Waals surface area contributed by atoms with E-state index < -0.39 is 0 Å². The van der Waals surface area contributed by atoms with Gasteiger partial charge in [0.15, 0.2) is 5.13 Å². The van der Waals surface area contributed by atoms with Crippen molar-refractivity contribution in [3.8, 4) is 5.75 Å². The Morgan fingerprint density at radius 3 is 2.55 bits per heavy atom. The first kappa shape index (κ1) is 21.9. The fraction of sp³-hybridized carbons (Fsp3) is 0.333. The summed E-state index contributed by atoms with van der Waals surface area (Å²) in [7, 11) is 5.63. The van der Waals surface area contributed by atoms with Gasteiger partial charge in [0.1, 0.15) is 11.3 Å². The second kappa shape index (κ2) is 9.80. The molecule has 5 nitrogen and oxygen atoms in total. The molecule has 1 aromatic heterocycles. The number of ether oxygens (including phenoxy) is 1. The minimum atomic E-state index is 0.0301. The molecule has 0 aliphatic heterocycles. The number of hydrogen-bond donors (Lipinski definition) is 0. The second-order valence-corrected chi connectivity index (χ2v) is 9.31. The molecule has 1 heterocycles. The molecule has 0 fully saturated rings. The Morgan fingerprint density at radius 2 is 1.90 bits per heavy atom. The Morgan fingerprint density at radius 1 is 1.17 bits per heavy atom. The Bertz CT molecular complexity index is 990. The van der Waals surface area contributed by atoms with Crippen LogP contribution in [-0.2, 0) is 4.79 Å². The Hall–Kier alpha value is -1.80. The van der Waals surface area contributed by atoms with Gasteiger partial charge in [-0.05, 0) is 56.9 Å². The van der Waals surface area contributed by atoms with Gasteiger partial charge in [0.2, 0.25) is 5.91 Å². The highest BCUT2D eigenvalue weighted by molar-refractivity contribution is 8.00. The Labute approximate surface area is 184 Å². The van der Waals surface area contributed by atoms with E-state index >= 15 is 0 Å². The highest BCUT2D eigenvalue weighted by Gasteiger charge is 2.22. The van der Waals surface area contributed by atoms with Crippen molar-refractivity contribution in [3.05, 3.63) is 47.0 Å². The van der Waals surface area contributed by atoms with Crippen molar-refractivity contribution in [2.75, 3.05) is 44.9 Å². The standard InChI is InChI=1S/C21H24ClN3O2S2/c1-14-5-10-17(27-4)19-20(14)29-21(23-19)25(12-11-24(2)3)18(26)13-28-16-8-6-15(22)7-9-16/h5-10H,11-13H2,1-4H3. The fourth-order valence-corrected chi connectivity index (χ4v) is 4.75. The van der Waals surface area contributed by atoms with Crippen molar-refractivity contribution < 1.29 is 9.53 Å². The molecule has 0 spiro atoms. The Balaban J connectivity index is 1.86. The summed E-state index contributed by atoms with van der Waals surface area (Å²) in [4.78, 5) is 22.7. The summed E-state index contributed by atoms with van der Waals surface area (Å²) in [5.41, 5.74) is 1.93. The smallest absolute Gasteiger partial charge is 0.239 e. The topological polar surface area (TPSA) is 45.7 Å². The number of aromatic nitrogens is 1. The van der Waals surface area contributed by atoms with E-state index in [0.717, 1.165) is 33.0 Å². The molecule has 0 atom stereocenters. The van der Waals surface area contributed by atoms with Crippen molar-refractivity contribution in [2.24, 2.45) is 0 Å². The first-order chi connectivity index (χ1) is 13.9. The molecule has 8 heteroatoms. The minimum Gasteiger partial charge on any atom is -0.494 e. The molecule has 1 amide bonds. The maximum absolute atomic E-state index is 13.1. The van der Waals surface area contributed by atoms with Crippen LogP contribution in [0.4, 0.5) is 5.13 Å². The summed E-state index contributed by atoms with van der Waals surface area (Å²) < 4.78 is 6.52. The van der Waals surface area contributed by atoms with Crippen LogP contribution in [0, 0.1) is 6.92 Å². The average molecular weight is 450 g/mol. The number of methoxy groups -OCH3 is 1. The average Bonchev–Trinajstić information content (AvgIpc) is 3.14. The predicted octanol–water partition coefficient (Wildman–Crippen LogP) is 4.95. The van der Waals surface area contributed by atoms with Gasteiger partial charge in [-0.2, -0.15) is 0 Å². The van der Waals surface area contributed by atoms with Crippen molar-refractivity contribution in [3.63, 3.8) is 0 Å². The van der Waals surface area contributed by atoms with Crippen LogP contribution in [0.2, 0.25) is 5.02 Å². The zero-order valence-electron chi connectivity index (χ0n) is 16.9. The highest BCUT2D eigenvalue weighted by Crippen LogP contribution is 2.36. The zero-order chi connectivity index (χ0) is 21.0. The molecule has 2 aromatic carbocycles. The molecule has 0 N–H and O–H groups in total. The number of nitrogens with zero attached hydrogens (tertiary/aromatic N) is 3. The van der Waals surface area contributed by atoms with E-state index in [4.69, 9.17) is 21.3 Å². The molecular formula is C21H24ClN3O2S2. The molecule has 0 bridgehead atoms. The number of amides is 1. The number of carbonyl (C=O) groups is 1. The second-order valence-electron chi connectivity index (χ2n) is 6.85. The largest absolute Gasteiger partial charge is 0.494 e. The van der Waals surface area contributed by atoms with E-state index in [2.05, 4.69) is 4.90 Å².